The summed E-state index contributed by atoms with van der Waals surface area (Å²) in [6.45, 7) is 6.15. The Kier molecular flexibility index (Phi) is 13.0. The van der Waals surface area contributed by atoms with Crippen molar-refractivity contribution in [3.63, 3.8) is 0 Å². The Balaban J connectivity index is 0.000000411. The van der Waals surface area contributed by atoms with Gasteiger partial charge < -0.3 is 10.2 Å². The number of aryl methyl sites for hydroxylation is 5. The highest BCUT2D eigenvalue weighted by Crippen LogP contribution is 1.95. The van der Waals surface area contributed by atoms with E-state index in [-0.39, 0.29) is 14.0 Å². The van der Waals surface area contributed by atoms with Crippen LogP contribution in [0.4, 0.5) is 0 Å². The normalized spacial score (nSPS) is 10.9. The fourth-order valence-corrected chi connectivity index (χ4v) is 1.98. The molecule has 3 heterocycles. The fraction of sp³-hybridized carbons (Fsp3) is 0.667. The Morgan fingerprint density at radius 3 is 1.48 bits per heavy atom. The first-order valence-electron chi connectivity index (χ1n) is 9.30. The van der Waals surface area contributed by atoms with Crippen molar-refractivity contribution in [2.24, 2.45) is 14.1 Å². The molecule has 11 nitrogen and oxygen atoms in total. The molecule has 0 aromatic carbocycles. The molecular formula is C18H35N9O2. The number of rotatable bonds is 6. The monoisotopic (exact) mass is 409 g/mol. The second-order valence-electron chi connectivity index (χ2n) is 6.10. The summed E-state index contributed by atoms with van der Waals surface area (Å²) < 4.78 is 4.94. The molecule has 0 saturated heterocycles. The zero-order valence-electron chi connectivity index (χ0n) is 17.3. The third-order valence-corrected chi connectivity index (χ3v) is 3.58. The van der Waals surface area contributed by atoms with Gasteiger partial charge in [-0.2, -0.15) is 0 Å². The van der Waals surface area contributed by atoms with Crippen LogP contribution in [0.3, 0.4) is 0 Å². The van der Waals surface area contributed by atoms with Crippen molar-refractivity contribution in [1.29, 1.82) is 0 Å². The van der Waals surface area contributed by atoms with Gasteiger partial charge in [-0.3, -0.25) is 9.36 Å². The van der Waals surface area contributed by atoms with Gasteiger partial charge in [0.1, 0.15) is 0 Å². The third-order valence-electron chi connectivity index (χ3n) is 3.58. The largest absolute Gasteiger partial charge is 0.394 e. The number of aromatic nitrogens is 9. The zero-order valence-corrected chi connectivity index (χ0v) is 17.3. The Bertz CT molecular complexity index is 741. The van der Waals surface area contributed by atoms with E-state index in [0.29, 0.717) is 6.54 Å². The average molecular weight is 410 g/mol. The highest BCUT2D eigenvalue weighted by atomic mass is 16.3. The van der Waals surface area contributed by atoms with Gasteiger partial charge in [0.15, 0.2) is 0 Å². The van der Waals surface area contributed by atoms with Crippen LogP contribution in [-0.2, 0) is 39.9 Å². The molecule has 0 saturated carbocycles. The smallest absolute Gasteiger partial charge is 0.0966 e. The van der Waals surface area contributed by atoms with Crippen LogP contribution in [0.15, 0.2) is 18.6 Å². The molecular weight excluding hydrogens is 374 g/mol. The van der Waals surface area contributed by atoms with Gasteiger partial charge in [-0.05, 0) is 19.3 Å². The lowest BCUT2D eigenvalue weighted by molar-refractivity contribution is 0.0778. The topological polar surface area (TPSA) is 133 Å². The highest BCUT2D eigenvalue weighted by Gasteiger charge is 2.04. The van der Waals surface area contributed by atoms with Crippen molar-refractivity contribution >= 4 is 0 Å². The van der Waals surface area contributed by atoms with E-state index in [0.717, 1.165) is 36.3 Å². The molecule has 3 rings (SSSR count). The quantitative estimate of drug-likeness (QED) is 0.604. The van der Waals surface area contributed by atoms with E-state index in [1.165, 1.54) is 4.68 Å². The van der Waals surface area contributed by atoms with E-state index >= 15 is 0 Å². The molecule has 2 N–H and O–H groups in total. The first-order chi connectivity index (χ1) is 13.4. The van der Waals surface area contributed by atoms with Crippen LogP contribution in [0.1, 0.15) is 45.3 Å². The first-order valence-corrected chi connectivity index (χ1v) is 9.30. The van der Waals surface area contributed by atoms with Crippen molar-refractivity contribution in [2.75, 3.05) is 6.61 Å². The predicted octanol–water partition coefficient (Wildman–Crippen LogP) is 0.585. The molecule has 0 aliphatic rings. The average Bonchev–Trinajstić information content (AvgIpc) is 3.43. The molecule has 0 bridgehead atoms. The molecule has 29 heavy (non-hydrogen) atoms. The van der Waals surface area contributed by atoms with E-state index in [1.807, 2.05) is 33.4 Å². The molecule has 0 fully saturated rings. The molecule has 11 heteroatoms. The predicted molar refractivity (Wildman–Crippen MR) is 110 cm³/mol. The van der Waals surface area contributed by atoms with Gasteiger partial charge in [0.05, 0.1) is 36.3 Å². The van der Waals surface area contributed by atoms with Crippen molar-refractivity contribution < 1.29 is 10.2 Å². The van der Waals surface area contributed by atoms with Crippen LogP contribution >= 0.6 is 0 Å². The number of hydrogen-bond donors (Lipinski definition) is 2. The van der Waals surface area contributed by atoms with Crippen LogP contribution in [-0.4, -0.2) is 67.9 Å². The molecule has 0 spiro atoms. The SMILES string of the molecule is C.CCc1cn(C)nn1.CCc1cn(C)nn1.CCc1cn(CC(O)CO)nn1. The van der Waals surface area contributed by atoms with Crippen LogP contribution < -0.4 is 0 Å². The molecule has 1 atom stereocenters. The standard InChI is InChI=1S/C7H13N3O2.2C5H9N3.CH4/c1-2-6-3-10(9-8-6)4-7(12)5-11;2*1-3-5-4-8(2)7-6-5;/h3,7,11-12H,2,4-5H2,1H3;2*4H,3H2,1-2H3;1H4. The minimum atomic E-state index is -0.753. The number of nitrogens with zero attached hydrogens (tertiary/aromatic N) is 9. The summed E-state index contributed by atoms with van der Waals surface area (Å²) in [5, 5.41) is 40.4. The van der Waals surface area contributed by atoms with Gasteiger partial charge in [-0.15, -0.1) is 15.3 Å². The van der Waals surface area contributed by atoms with E-state index in [2.05, 4.69) is 44.8 Å². The second kappa shape index (κ2) is 14.4. The lowest BCUT2D eigenvalue weighted by Gasteiger charge is -2.04. The van der Waals surface area contributed by atoms with Gasteiger partial charge >= 0.3 is 0 Å². The summed E-state index contributed by atoms with van der Waals surface area (Å²) in [6, 6.07) is 0. The minimum absolute atomic E-state index is 0. The van der Waals surface area contributed by atoms with Crippen LogP contribution in [0.25, 0.3) is 0 Å². The minimum Gasteiger partial charge on any atom is -0.394 e. The van der Waals surface area contributed by atoms with E-state index in [1.54, 1.807) is 15.6 Å². The molecule has 0 amide bonds. The van der Waals surface area contributed by atoms with Crippen LogP contribution in [0.5, 0.6) is 0 Å². The van der Waals surface area contributed by atoms with Gasteiger partial charge in [-0.25, -0.2) is 4.68 Å². The summed E-state index contributed by atoms with van der Waals surface area (Å²) in [6.07, 6.45) is 7.60. The maximum absolute atomic E-state index is 9.05. The third kappa shape index (κ3) is 10.5. The summed E-state index contributed by atoms with van der Waals surface area (Å²) >= 11 is 0. The van der Waals surface area contributed by atoms with Crippen molar-refractivity contribution in [2.45, 2.75) is 60.1 Å². The molecule has 3 aromatic heterocycles. The molecule has 164 valence electrons. The van der Waals surface area contributed by atoms with E-state index < -0.39 is 6.10 Å². The lowest BCUT2D eigenvalue weighted by Crippen LogP contribution is -2.20. The Morgan fingerprint density at radius 1 is 0.793 bits per heavy atom. The Morgan fingerprint density at radius 2 is 1.21 bits per heavy atom. The first kappa shape index (κ1) is 26.3. The lowest BCUT2D eigenvalue weighted by atomic mass is 10.3. The second-order valence-corrected chi connectivity index (χ2v) is 6.10. The maximum atomic E-state index is 9.05. The van der Waals surface area contributed by atoms with Crippen LogP contribution in [0, 0.1) is 0 Å². The molecule has 0 aliphatic heterocycles. The summed E-state index contributed by atoms with van der Waals surface area (Å²) in [7, 11) is 3.73. The van der Waals surface area contributed by atoms with Crippen molar-refractivity contribution in [1.82, 2.24) is 45.0 Å². The molecule has 0 radical (unpaired) electrons. The Hall–Kier alpha value is -2.66. The van der Waals surface area contributed by atoms with Gasteiger partial charge in [0, 0.05) is 32.7 Å². The fourth-order valence-electron chi connectivity index (χ4n) is 1.98. The number of aliphatic hydroxyl groups excluding tert-OH is 2. The Labute approximate surface area is 172 Å². The summed E-state index contributed by atoms with van der Waals surface area (Å²) in [5.41, 5.74) is 2.99. The molecule has 1 unspecified atom stereocenters. The summed E-state index contributed by atoms with van der Waals surface area (Å²) in [4.78, 5) is 0. The van der Waals surface area contributed by atoms with E-state index in [4.69, 9.17) is 10.2 Å². The number of aliphatic hydroxyl groups is 2. The zero-order chi connectivity index (χ0) is 20.9. The maximum Gasteiger partial charge on any atom is 0.0966 e. The van der Waals surface area contributed by atoms with E-state index in [9.17, 15) is 0 Å². The highest BCUT2D eigenvalue weighted by molar-refractivity contribution is 4.91. The van der Waals surface area contributed by atoms with Crippen molar-refractivity contribution in [3.05, 3.63) is 35.7 Å². The summed E-state index contributed by atoms with van der Waals surface area (Å²) in [5.74, 6) is 0. The van der Waals surface area contributed by atoms with Gasteiger partial charge in [0.2, 0.25) is 0 Å². The molecule has 0 aliphatic carbocycles. The molecule has 3 aromatic rings. The van der Waals surface area contributed by atoms with Gasteiger partial charge in [0.25, 0.3) is 0 Å². The number of hydrogen-bond acceptors (Lipinski definition) is 8. The van der Waals surface area contributed by atoms with Crippen molar-refractivity contribution in [3.8, 4) is 0 Å². The van der Waals surface area contributed by atoms with Crippen LogP contribution in [0.2, 0.25) is 0 Å². The van der Waals surface area contributed by atoms with Gasteiger partial charge in [-0.1, -0.05) is 43.8 Å².